The number of methoxy groups -OCH3 is 1. The van der Waals surface area contributed by atoms with E-state index in [2.05, 4.69) is 15.3 Å². The summed E-state index contributed by atoms with van der Waals surface area (Å²) in [4.78, 5) is 34.0. The summed E-state index contributed by atoms with van der Waals surface area (Å²) in [6.07, 6.45) is 6.57. The molecule has 1 aliphatic heterocycles. The lowest BCUT2D eigenvalue weighted by Gasteiger charge is -2.15. The Bertz CT molecular complexity index is 1070. The molecule has 3 heterocycles. The standard InChI is InChI=1S/C19H17N5O4/c1-28-16-4-3-12(15-11-23-6-2-5-20-19(23)22-15)9-13(16)21-14-10-17(26)24(7-8-25)18(14)27/h2-6,9-11,21,25H,7-8H2,1H3. The van der Waals surface area contributed by atoms with Crippen LogP contribution in [0.1, 0.15) is 0 Å². The number of benzene rings is 1. The molecule has 1 aliphatic rings. The SMILES string of the molecule is COc1ccc(-c2cn3cccnc3n2)cc1NC1=CC(=O)N(CCO)C1=O. The molecule has 0 spiro atoms. The maximum Gasteiger partial charge on any atom is 0.277 e. The van der Waals surface area contributed by atoms with Crippen LogP contribution in [0.5, 0.6) is 5.75 Å². The number of aliphatic hydroxyl groups is 1. The molecule has 0 aliphatic carbocycles. The second-order valence-electron chi connectivity index (χ2n) is 6.07. The van der Waals surface area contributed by atoms with Crippen molar-refractivity contribution in [2.45, 2.75) is 0 Å². The van der Waals surface area contributed by atoms with Gasteiger partial charge in [-0.1, -0.05) is 0 Å². The Morgan fingerprint density at radius 2 is 2.14 bits per heavy atom. The third-order valence-electron chi connectivity index (χ3n) is 4.33. The van der Waals surface area contributed by atoms with Gasteiger partial charge in [0.15, 0.2) is 0 Å². The molecule has 0 bridgehead atoms. The first-order chi connectivity index (χ1) is 13.6. The molecule has 28 heavy (non-hydrogen) atoms. The highest BCUT2D eigenvalue weighted by molar-refractivity contribution is 6.17. The summed E-state index contributed by atoms with van der Waals surface area (Å²) in [5, 5.41) is 12.0. The minimum absolute atomic E-state index is 0.0508. The normalized spacial score (nSPS) is 13.9. The molecule has 0 unspecified atom stereocenters. The lowest BCUT2D eigenvalue weighted by Crippen LogP contribution is -2.34. The number of imide groups is 1. The molecular weight excluding hydrogens is 362 g/mol. The molecule has 0 saturated heterocycles. The summed E-state index contributed by atoms with van der Waals surface area (Å²) in [6, 6.07) is 7.20. The van der Waals surface area contributed by atoms with Crippen molar-refractivity contribution in [2.24, 2.45) is 0 Å². The Balaban J connectivity index is 1.67. The van der Waals surface area contributed by atoms with Gasteiger partial charge in [0.25, 0.3) is 11.8 Å². The number of carbonyl (C=O) groups is 2. The van der Waals surface area contributed by atoms with Crippen molar-refractivity contribution in [3.05, 3.63) is 54.6 Å². The Labute approximate surface area is 159 Å². The van der Waals surface area contributed by atoms with Crippen molar-refractivity contribution in [1.29, 1.82) is 0 Å². The summed E-state index contributed by atoms with van der Waals surface area (Å²) in [5.74, 6) is 0.112. The number of hydrogen-bond acceptors (Lipinski definition) is 7. The first kappa shape index (κ1) is 17.7. The van der Waals surface area contributed by atoms with Crippen LogP contribution >= 0.6 is 0 Å². The first-order valence-electron chi connectivity index (χ1n) is 8.54. The van der Waals surface area contributed by atoms with Crippen LogP contribution in [-0.4, -0.2) is 56.5 Å². The van der Waals surface area contributed by atoms with E-state index < -0.39 is 11.8 Å². The van der Waals surface area contributed by atoms with Gasteiger partial charge in [-0.15, -0.1) is 0 Å². The summed E-state index contributed by atoms with van der Waals surface area (Å²) < 4.78 is 7.17. The van der Waals surface area contributed by atoms with Crippen LogP contribution in [0.15, 0.2) is 54.6 Å². The number of aliphatic hydroxyl groups excluding tert-OH is 1. The number of nitrogens with one attached hydrogen (secondary N) is 1. The number of aromatic nitrogens is 3. The van der Waals surface area contributed by atoms with Crippen LogP contribution in [0.3, 0.4) is 0 Å². The summed E-state index contributed by atoms with van der Waals surface area (Å²) in [6.45, 7) is -0.343. The van der Waals surface area contributed by atoms with E-state index in [9.17, 15) is 9.59 Å². The monoisotopic (exact) mass is 379 g/mol. The van der Waals surface area contributed by atoms with Crippen LogP contribution in [0, 0.1) is 0 Å². The van der Waals surface area contributed by atoms with Gasteiger partial charge in [-0.2, -0.15) is 0 Å². The number of imidazole rings is 1. The maximum absolute atomic E-state index is 12.4. The Kier molecular flexibility index (Phi) is 4.50. The van der Waals surface area contributed by atoms with Crippen LogP contribution in [0.4, 0.5) is 5.69 Å². The second-order valence-corrected chi connectivity index (χ2v) is 6.07. The van der Waals surface area contributed by atoms with Gasteiger partial charge in [0.2, 0.25) is 5.78 Å². The Morgan fingerprint density at radius 1 is 1.29 bits per heavy atom. The number of hydrogen-bond donors (Lipinski definition) is 2. The van der Waals surface area contributed by atoms with E-state index in [1.165, 1.54) is 13.2 Å². The topological polar surface area (TPSA) is 109 Å². The number of β-amino-alcohol motifs (C(OH)–C–C–N with tert-alkyl or cyclic N) is 1. The minimum Gasteiger partial charge on any atom is -0.495 e. The second kappa shape index (κ2) is 7.12. The highest BCUT2D eigenvalue weighted by Crippen LogP contribution is 2.32. The van der Waals surface area contributed by atoms with Crippen molar-refractivity contribution < 1.29 is 19.4 Å². The van der Waals surface area contributed by atoms with Gasteiger partial charge in [-0.25, -0.2) is 9.97 Å². The van der Waals surface area contributed by atoms with Crippen molar-refractivity contribution >= 4 is 23.3 Å². The third kappa shape index (κ3) is 3.08. The predicted octanol–water partition coefficient (Wildman–Crippen LogP) is 1.06. The van der Waals surface area contributed by atoms with E-state index in [1.807, 2.05) is 24.5 Å². The highest BCUT2D eigenvalue weighted by Gasteiger charge is 2.31. The molecule has 2 aromatic heterocycles. The third-order valence-corrected chi connectivity index (χ3v) is 4.33. The molecule has 3 aromatic rings. The first-order valence-corrected chi connectivity index (χ1v) is 8.54. The minimum atomic E-state index is -0.497. The Hall–Kier alpha value is -3.72. The number of nitrogens with zero attached hydrogens (tertiary/aromatic N) is 4. The van der Waals surface area contributed by atoms with Crippen LogP contribution in [0.25, 0.3) is 17.0 Å². The summed E-state index contributed by atoms with van der Waals surface area (Å²) >= 11 is 0. The average molecular weight is 379 g/mol. The van der Waals surface area contributed by atoms with E-state index in [1.54, 1.807) is 22.7 Å². The smallest absolute Gasteiger partial charge is 0.277 e. The fourth-order valence-corrected chi connectivity index (χ4v) is 2.99. The number of carbonyl (C=O) groups excluding carboxylic acids is 2. The highest BCUT2D eigenvalue weighted by atomic mass is 16.5. The van der Waals surface area contributed by atoms with Crippen LogP contribution in [0.2, 0.25) is 0 Å². The van der Waals surface area contributed by atoms with E-state index in [0.29, 0.717) is 22.9 Å². The van der Waals surface area contributed by atoms with Crippen molar-refractivity contribution in [2.75, 3.05) is 25.6 Å². The van der Waals surface area contributed by atoms with E-state index in [4.69, 9.17) is 9.84 Å². The van der Waals surface area contributed by atoms with Crippen molar-refractivity contribution in [3.8, 4) is 17.0 Å². The molecule has 9 nitrogen and oxygen atoms in total. The van der Waals surface area contributed by atoms with Crippen LogP contribution in [-0.2, 0) is 9.59 Å². The fourth-order valence-electron chi connectivity index (χ4n) is 2.99. The molecule has 142 valence electrons. The molecule has 1 aromatic carbocycles. The van der Waals surface area contributed by atoms with Gasteiger partial charge < -0.3 is 15.2 Å². The van der Waals surface area contributed by atoms with E-state index in [-0.39, 0.29) is 18.8 Å². The van der Waals surface area contributed by atoms with Gasteiger partial charge in [-0.3, -0.25) is 18.9 Å². The van der Waals surface area contributed by atoms with Crippen molar-refractivity contribution in [1.82, 2.24) is 19.3 Å². The molecule has 4 rings (SSSR count). The van der Waals surface area contributed by atoms with Gasteiger partial charge in [0, 0.05) is 30.2 Å². The molecule has 0 saturated carbocycles. The number of ether oxygens (including phenoxy) is 1. The van der Waals surface area contributed by atoms with Gasteiger partial charge in [0.05, 0.1) is 31.6 Å². The number of rotatable bonds is 6. The Morgan fingerprint density at radius 3 is 2.89 bits per heavy atom. The maximum atomic E-state index is 12.4. The number of amides is 2. The zero-order chi connectivity index (χ0) is 19.7. The molecule has 9 heteroatoms. The molecule has 0 radical (unpaired) electrons. The molecular formula is C19H17N5O4. The zero-order valence-electron chi connectivity index (χ0n) is 15.0. The summed E-state index contributed by atoms with van der Waals surface area (Å²) in [7, 11) is 1.52. The summed E-state index contributed by atoms with van der Waals surface area (Å²) in [5.41, 5.74) is 2.13. The zero-order valence-corrected chi connectivity index (χ0v) is 15.0. The largest absolute Gasteiger partial charge is 0.495 e. The molecule has 2 N–H and O–H groups in total. The van der Waals surface area contributed by atoms with Crippen LogP contribution < -0.4 is 10.1 Å². The quantitative estimate of drug-likeness (QED) is 0.617. The molecule has 2 amide bonds. The van der Waals surface area contributed by atoms with Gasteiger partial charge in [0.1, 0.15) is 11.4 Å². The van der Waals surface area contributed by atoms with E-state index in [0.717, 1.165) is 10.5 Å². The lowest BCUT2D eigenvalue weighted by molar-refractivity contribution is -0.137. The van der Waals surface area contributed by atoms with Crippen molar-refractivity contribution in [3.63, 3.8) is 0 Å². The molecule has 0 fully saturated rings. The average Bonchev–Trinajstić information content (AvgIpc) is 3.25. The number of anilines is 1. The predicted molar refractivity (Wildman–Crippen MR) is 100 cm³/mol. The van der Waals surface area contributed by atoms with Gasteiger partial charge in [-0.05, 0) is 24.3 Å². The molecule has 0 atom stereocenters. The van der Waals surface area contributed by atoms with E-state index >= 15 is 0 Å². The number of fused-ring (bicyclic) bond motifs is 1. The van der Waals surface area contributed by atoms with Gasteiger partial charge >= 0.3 is 0 Å². The fraction of sp³-hybridized carbons (Fsp3) is 0.158. The lowest BCUT2D eigenvalue weighted by atomic mass is 10.1.